The lowest BCUT2D eigenvalue weighted by Crippen LogP contribution is -2.17. The fourth-order valence-corrected chi connectivity index (χ4v) is 3.71. The fraction of sp³-hybridized carbons (Fsp3) is 0.0952. The van der Waals surface area contributed by atoms with Crippen molar-refractivity contribution < 1.29 is 18.0 Å². The minimum Gasteiger partial charge on any atom is -0.324 e. The van der Waals surface area contributed by atoms with Crippen molar-refractivity contribution in [3.05, 3.63) is 83.6 Å². The van der Waals surface area contributed by atoms with Gasteiger partial charge < -0.3 is 5.32 Å². The maximum absolute atomic E-state index is 13.1. The monoisotopic (exact) mass is 428 g/mol. The SMILES string of the molecule is O=C(Cc1csc(-c2ccccc2)n1)Nc1cc(C(F)(F)F)ccc1-n1cccn1. The van der Waals surface area contributed by atoms with Crippen molar-refractivity contribution in [3.63, 3.8) is 0 Å². The van der Waals surface area contributed by atoms with Crippen molar-refractivity contribution in [2.75, 3.05) is 5.32 Å². The summed E-state index contributed by atoms with van der Waals surface area (Å²) in [6.45, 7) is 0. The second kappa shape index (κ2) is 8.11. The Balaban J connectivity index is 1.56. The summed E-state index contributed by atoms with van der Waals surface area (Å²) < 4.78 is 40.8. The van der Waals surface area contributed by atoms with Gasteiger partial charge in [-0.05, 0) is 24.3 Å². The molecule has 0 spiro atoms. The Labute approximate surface area is 173 Å². The number of nitrogens with zero attached hydrogens (tertiary/aromatic N) is 3. The molecule has 0 unspecified atom stereocenters. The first-order valence-electron chi connectivity index (χ1n) is 8.91. The van der Waals surface area contributed by atoms with E-state index >= 15 is 0 Å². The molecule has 0 atom stereocenters. The topological polar surface area (TPSA) is 59.8 Å². The molecule has 4 aromatic rings. The number of carbonyl (C=O) groups is 1. The van der Waals surface area contributed by atoms with Crippen LogP contribution in [0.2, 0.25) is 0 Å². The van der Waals surface area contributed by atoms with E-state index in [1.54, 1.807) is 17.6 Å². The van der Waals surface area contributed by atoms with Gasteiger partial charge in [-0.25, -0.2) is 9.67 Å². The quantitative estimate of drug-likeness (QED) is 0.476. The van der Waals surface area contributed by atoms with Crippen molar-refractivity contribution in [2.24, 2.45) is 0 Å². The molecule has 2 aromatic heterocycles. The standard InChI is InChI=1S/C21H15F3N4OS/c22-21(23,24)15-7-8-18(28-10-4-9-25-28)17(11-15)27-19(29)12-16-13-30-20(26-16)14-5-2-1-3-6-14/h1-11,13H,12H2,(H,27,29). The molecule has 30 heavy (non-hydrogen) atoms. The first-order chi connectivity index (χ1) is 14.4. The number of halogens is 3. The average molecular weight is 428 g/mol. The highest BCUT2D eigenvalue weighted by Gasteiger charge is 2.31. The predicted octanol–water partition coefficient (Wildman–Crippen LogP) is 5.20. The van der Waals surface area contributed by atoms with Crippen molar-refractivity contribution in [1.29, 1.82) is 0 Å². The molecule has 0 saturated carbocycles. The second-order valence-corrected chi connectivity index (χ2v) is 7.27. The molecule has 0 bridgehead atoms. The Hall–Kier alpha value is -3.46. The summed E-state index contributed by atoms with van der Waals surface area (Å²) in [6, 6.07) is 14.3. The zero-order valence-corrected chi connectivity index (χ0v) is 16.2. The van der Waals surface area contributed by atoms with Crippen LogP contribution in [0.15, 0.2) is 72.4 Å². The number of benzene rings is 2. The Morgan fingerprint density at radius 2 is 1.90 bits per heavy atom. The van der Waals surface area contributed by atoms with E-state index in [1.165, 1.54) is 28.3 Å². The molecule has 4 rings (SSSR count). The molecule has 0 fully saturated rings. The van der Waals surface area contributed by atoms with Gasteiger partial charge in [-0.15, -0.1) is 11.3 Å². The molecule has 5 nitrogen and oxygen atoms in total. The maximum Gasteiger partial charge on any atom is 0.416 e. The molecule has 2 heterocycles. The minimum absolute atomic E-state index is 0.0250. The van der Waals surface area contributed by atoms with Crippen LogP contribution in [0.5, 0.6) is 0 Å². The van der Waals surface area contributed by atoms with Crippen LogP contribution in [0.25, 0.3) is 16.3 Å². The largest absolute Gasteiger partial charge is 0.416 e. The van der Waals surface area contributed by atoms with Gasteiger partial charge in [0, 0.05) is 23.3 Å². The third-order valence-electron chi connectivity index (χ3n) is 4.26. The molecular weight excluding hydrogens is 413 g/mol. The third-order valence-corrected chi connectivity index (χ3v) is 5.20. The van der Waals surface area contributed by atoms with Crippen molar-refractivity contribution in [1.82, 2.24) is 14.8 Å². The number of hydrogen-bond acceptors (Lipinski definition) is 4. The Bertz CT molecular complexity index is 1150. The summed E-state index contributed by atoms with van der Waals surface area (Å²) in [5.41, 5.74) is 0.993. The summed E-state index contributed by atoms with van der Waals surface area (Å²) in [4.78, 5) is 17.0. The highest BCUT2D eigenvalue weighted by atomic mass is 32.1. The molecule has 1 amide bonds. The lowest BCUT2D eigenvalue weighted by molar-refractivity contribution is -0.137. The molecule has 0 aliphatic carbocycles. The first kappa shape index (κ1) is 19.8. The molecule has 0 aliphatic heterocycles. The van der Waals surface area contributed by atoms with Crippen LogP contribution in [-0.2, 0) is 17.4 Å². The molecule has 1 N–H and O–H groups in total. The van der Waals surface area contributed by atoms with E-state index in [1.807, 2.05) is 30.3 Å². The lowest BCUT2D eigenvalue weighted by atomic mass is 10.1. The number of carbonyl (C=O) groups excluding carboxylic acids is 1. The number of anilines is 1. The average Bonchev–Trinajstić information content (AvgIpc) is 3.40. The van der Waals surface area contributed by atoms with Gasteiger partial charge in [-0.3, -0.25) is 4.79 Å². The fourth-order valence-electron chi connectivity index (χ4n) is 2.88. The van der Waals surface area contributed by atoms with E-state index in [-0.39, 0.29) is 12.1 Å². The van der Waals surface area contributed by atoms with E-state index in [0.29, 0.717) is 11.4 Å². The molecule has 0 aliphatic rings. The lowest BCUT2D eigenvalue weighted by Gasteiger charge is -2.14. The van der Waals surface area contributed by atoms with Gasteiger partial charge in [-0.2, -0.15) is 18.3 Å². The Morgan fingerprint density at radius 1 is 1.10 bits per heavy atom. The Morgan fingerprint density at radius 3 is 2.60 bits per heavy atom. The number of aromatic nitrogens is 3. The van der Waals surface area contributed by atoms with Crippen molar-refractivity contribution in [2.45, 2.75) is 12.6 Å². The molecule has 0 saturated heterocycles. The molecule has 9 heteroatoms. The number of alkyl halides is 3. The number of thiazole rings is 1. The normalized spacial score (nSPS) is 11.4. The van der Waals surface area contributed by atoms with Gasteiger partial charge >= 0.3 is 6.18 Å². The van der Waals surface area contributed by atoms with Crippen molar-refractivity contribution in [3.8, 4) is 16.3 Å². The van der Waals surface area contributed by atoms with Crippen LogP contribution in [-0.4, -0.2) is 20.7 Å². The highest BCUT2D eigenvalue weighted by molar-refractivity contribution is 7.13. The maximum atomic E-state index is 13.1. The van der Waals surface area contributed by atoms with Gasteiger partial charge in [0.15, 0.2) is 0 Å². The first-order valence-corrected chi connectivity index (χ1v) is 9.79. The van der Waals surface area contributed by atoms with Crippen LogP contribution in [0.4, 0.5) is 18.9 Å². The van der Waals surface area contributed by atoms with E-state index in [0.717, 1.165) is 22.7 Å². The molecule has 152 valence electrons. The van der Waals surface area contributed by atoms with Crippen molar-refractivity contribution >= 4 is 22.9 Å². The summed E-state index contributed by atoms with van der Waals surface area (Å²) in [7, 11) is 0. The van der Waals surface area contributed by atoms with Gasteiger partial charge in [0.25, 0.3) is 0 Å². The van der Waals surface area contributed by atoms with Gasteiger partial charge in [0.05, 0.1) is 29.1 Å². The van der Waals surface area contributed by atoms with Crippen LogP contribution in [0.3, 0.4) is 0 Å². The van der Waals surface area contributed by atoms with Crippen LogP contribution >= 0.6 is 11.3 Å². The molecule has 0 radical (unpaired) electrons. The smallest absolute Gasteiger partial charge is 0.324 e. The highest BCUT2D eigenvalue weighted by Crippen LogP contribution is 2.33. The van der Waals surface area contributed by atoms with Crippen LogP contribution < -0.4 is 5.32 Å². The second-order valence-electron chi connectivity index (χ2n) is 6.42. The summed E-state index contributed by atoms with van der Waals surface area (Å²) >= 11 is 1.40. The zero-order chi connectivity index (χ0) is 21.1. The summed E-state index contributed by atoms with van der Waals surface area (Å²) in [5, 5.41) is 9.15. The van der Waals surface area contributed by atoms with Crippen LogP contribution in [0, 0.1) is 0 Å². The van der Waals surface area contributed by atoms with E-state index < -0.39 is 17.6 Å². The Kier molecular flexibility index (Phi) is 5.37. The number of hydrogen-bond donors (Lipinski definition) is 1. The van der Waals surface area contributed by atoms with Crippen LogP contribution in [0.1, 0.15) is 11.3 Å². The van der Waals surface area contributed by atoms with E-state index in [2.05, 4.69) is 15.4 Å². The zero-order valence-electron chi connectivity index (χ0n) is 15.4. The predicted molar refractivity (Wildman–Crippen MR) is 108 cm³/mol. The van der Waals surface area contributed by atoms with Gasteiger partial charge in [-0.1, -0.05) is 30.3 Å². The molecular formula is C21H15F3N4OS. The minimum atomic E-state index is -4.53. The number of amides is 1. The number of rotatable bonds is 5. The van der Waals surface area contributed by atoms with E-state index in [4.69, 9.17) is 0 Å². The number of nitrogens with one attached hydrogen (secondary N) is 1. The van der Waals surface area contributed by atoms with E-state index in [9.17, 15) is 18.0 Å². The van der Waals surface area contributed by atoms with Gasteiger partial charge in [0.2, 0.25) is 5.91 Å². The summed E-state index contributed by atoms with van der Waals surface area (Å²) in [6.07, 6.45) is -1.49. The van der Waals surface area contributed by atoms with Gasteiger partial charge in [0.1, 0.15) is 5.01 Å². The third kappa shape index (κ3) is 4.41. The molecule has 2 aromatic carbocycles. The summed E-state index contributed by atoms with van der Waals surface area (Å²) in [5.74, 6) is -0.465.